The number of nitrogens with zero attached hydrogens (tertiary/aromatic N) is 4. The molecule has 5 heteroatoms. The van der Waals surface area contributed by atoms with Gasteiger partial charge in [0.1, 0.15) is 0 Å². The van der Waals surface area contributed by atoms with E-state index >= 15 is 0 Å². The number of hydrogen-bond acceptors (Lipinski definition) is 4. The molecule has 0 aliphatic heterocycles. The normalized spacial score (nSPS) is 11.5. The molecule has 0 N–H and O–H groups in total. The highest BCUT2D eigenvalue weighted by molar-refractivity contribution is 7.25. The molecule has 0 unspecified atom stereocenters. The number of rotatable bonds is 7. The van der Waals surface area contributed by atoms with Gasteiger partial charge in [0.15, 0.2) is 17.5 Å². The number of fused-ring (bicyclic) bond motifs is 6. The summed E-state index contributed by atoms with van der Waals surface area (Å²) in [6.45, 7) is 0. The highest BCUT2D eigenvalue weighted by Crippen LogP contribution is 2.41. The van der Waals surface area contributed by atoms with Crippen molar-refractivity contribution in [3.05, 3.63) is 218 Å². The average Bonchev–Trinajstić information content (AvgIpc) is 3.89. The molecule has 3 aromatic heterocycles. The Balaban J connectivity index is 1.15. The van der Waals surface area contributed by atoms with E-state index in [0.717, 1.165) is 50.1 Å². The maximum atomic E-state index is 5.23. The lowest BCUT2D eigenvalue weighted by molar-refractivity contribution is 1.07. The van der Waals surface area contributed by atoms with Gasteiger partial charge in [-0.1, -0.05) is 164 Å². The quantitative estimate of drug-likeness (QED) is 0.161. The van der Waals surface area contributed by atoms with Crippen LogP contribution in [0.2, 0.25) is 0 Å². The van der Waals surface area contributed by atoms with E-state index in [-0.39, 0.29) is 0 Å². The average molecular weight is 809 g/mol. The summed E-state index contributed by atoms with van der Waals surface area (Å²) in [5.41, 5.74) is 13.0. The van der Waals surface area contributed by atoms with E-state index in [4.69, 9.17) is 15.0 Å². The summed E-state index contributed by atoms with van der Waals surface area (Å²) in [5.74, 6) is 1.87. The SMILES string of the molecule is c1ccc(-c2ccc3c(c2)c2ccc(-c4ccccc4)cc2n3-c2cc(-c3ccc4sc5ccccc5c4c3)cc(-c3nc(-c4ccccc4)nc(-c4ccccc4)n3)c2)cc1. The van der Waals surface area contributed by atoms with E-state index in [2.05, 4.69) is 187 Å². The standard InChI is InChI=1S/C57H36N4S/c1-5-15-37(16-6-1)41-26-29-51-49(34-41)47-28-25-43(38-17-7-2-8-18-38)36-52(47)61(51)46-32-44(42-27-30-54-50(35-42)48-23-13-14-24-53(48)62-54)31-45(33-46)57-59-55(39-19-9-3-10-20-39)58-56(60-57)40-21-11-4-12-22-40/h1-36H. The molecule has 0 radical (unpaired) electrons. The lowest BCUT2D eigenvalue weighted by Crippen LogP contribution is -2.02. The van der Waals surface area contributed by atoms with Crippen LogP contribution in [-0.4, -0.2) is 19.5 Å². The Morgan fingerprint density at radius 3 is 1.42 bits per heavy atom. The predicted molar refractivity (Wildman–Crippen MR) is 260 cm³/mol. The van der Waals surface area contributed by atoms with Gasteiger partial charge in [-0.2, -0.15) is 0 Å². The third-order valence-electron chi connectivity index (χ3n) is 11.8. The van der Waals surface area contributed by atoms with Gasteiger partial charge in [-0.05, 0) is 88.0 Å². The molecular weight excluding hydrogens is 773 g/mol. The van der Waals surface area contributed by atoms with E-state index in [0.29, 0.717) is 17.5 Å². The molecule has 0 atom stereocenters. The lowest BCUT2D eigenvalue weighted by atomic mass is 9.99. The van der Waals surface area contributed by atoms with E-state index in [1.165, 1.54) is 47.6 Å². The van der Waals surface area contributed by atoms with E-state index in [9.17, 15) is 0 Å². The van der Waals surface area contributed by atoms with Crippen molar-refractivity contribution in [1.82, 2.24) is 19.5 Å². The Morgan fingerprint density at radius 2 is 0.758 bits per heavy atom. The van der Waals surface area contributed by atoms with Gasteiger partial charge in [0.2, 0.25) is 0 Å². The number of benzene rings is 9. The van der Waals surface area contributed by atoms with Crippen molar-refractivity contribution in [3.8, 4) is 73.2 Å². The van der Waals surface area contributed by atoms with Crippen LogP contribution in [0.3, 0.4) is 0 Å². The molecule has 0 spiro atoms. The maximum Gasteiger partial charge on any atom is 0.164 e. The van der Waals surface area contributed by atoms with Gasteiger partial charge >= 0.3 is 0 Å². The summed E-state index contributed by atoms with van der Waals surface area (Å²) in [4.78, 5) is 15.5. The minimum absolute atomic E-state index is 0.611. The van der Waals surface area contributed by atoms with Gasteiger partial charge in [0.05, 0.1) is 11.0 Å². The summed E-state index contributed by atoms with van der Waals surface area (Å²) < 4.78 is 4.99. The van der Waals surface area contributed by atoms with Crippen LogP contribution in [-0.2, 0) is 0 Å². The van der Waals surface area contributed by atoms with E-state index < -0.39 is 0 Å². The zero-order chi connectivity index (χ0) is 41.0. The van der Waals surface area contributed by atoms with Crippen molar-refractivity contribution < 1.29 is 0 Å². The molecule has 0 bridgehead atoms. The molecule has 12 aromatic rings. The van der Waals surface area contributed by atoms with Gasteiger partial charge in [-0.15, -0.1) is 11.3 Å². The van der Waals surface area contributed by atoms with Crippen molar-refractivity contribution in [3.63, 3.8) is 0 Å². The van der Waals surface area contributed by atoms with Gasteiger partial charge in [-0.25, -0.2) is 15.0 Å². The maximum absolute atomic E-state index is 5.23. The first-order chi connectivity index (χ1) is 30.7. The van der Waals surface area contributed by atoms with Crippen LogP contribution in [0.25, 0.3) is 115 Å². The summed E-state index contributed by atoms with van der Waals surface area (Å²) >= 11 is 1.84. The first-order valence-electron chi connectivity index (χ1n) is 20.8. The highest BCUT2D eigenvalue weighted by atomic mass is 32.1. The molecule has 0 fully saturated rings. The van der Waals surface area contributed by atoms with Crippen molar-refractivity contribution in [2.45, 2.75) is 0 Å². The molecule has 0 saturated heterocycles. The smallest absolute Gasteiger partial charge is 0.164 e. The second-order valence-corrected chi connectivity index (χ2v) is 16.7. The van der Waals surface area contributed by atoms with E-state index in [1.54, 1.807) is 0 Å². The van der Waals surface area contributed by atoms with Crippen LogP contribution in [0.4, 0.5) is 0 Å². The molecule has 9 aromatic carbocycles. The second kappa shape index (κ2) is 14.9. The topological polar surface area (TPSA) is 43.6 Å². The fourth-order valence-electron chi connectivity index (χ4n) is 8.80. The zero-order valence-electron chi connectivity index (χ0n) is 33.5. The molecule has 0 amide bonds. The fourth-order valence-corrected chi connectivity index (χ4v) is 9.89. The molecular formula is C57H36N4S. The number of aromatic nitrogens is 4. The van der Waals surface area contributed by atoms with Gasteiger partial charge in [0, 0.05) is 53.3 Å². The molecule has 12 rings (SSSR count). The zero-order valence-corrected chi connectivity index (χ0v) is 34.3. The van der Waals surface area contributed by atoms with Crippen LogP contribution in [0.15, 0.2) is 218 Å². The molecule has 62 heavy (non-hydrogen) atoms. The van der Waals surface area contributed by atoms with Crippen LogP contribution in [0.5, 0.6) is 0 Å². The second-order valence-electron chi connectivity index (χ2n) is 15.6. The Kier molecular flexibility index (Phi) is 8.65. The van der Waals surface area contributed by atoms with Crippen LogP contribution in [0.1, 0.15) is 0 Å². The third-order valence-corrected chi connectivity index (χ3v) is 13.0. The molecule has 0 aliphatic carbocycles. The fraction of sp³-hybridized carbons (Fsp3) is 0. The Labute approximate surface area is 362 Å². The molecule has 290 valence electrons. The first-order valence-corrected chi connectivity index (χ1v) is 21.7. The predicted octanol–water partition coefficient (Wildman–Crippen LogP) is 15.3. The molecule has 4 nitrogen and oxygen atoms in total. The van der Waals surface area contributed by atoms with E-state index in [1.807, 2.05) is 47.7 Å². The third kappa shape index (κ3) is 6.35. The first kappa shape index (κ1) is 35.9. The van der Waals surface area contributed by atoms with Crippen LogP contribution < -0.4 is 0 Å². The monoisotopic (exact) mass is 808 g/mol. The van der Waals surface area contributed by atoms with Gasteiger partial charge < -0.3 is 4.57 Å². The van der Waals surface area contributed by atoms with Gasteiger partial charge in [0.25, 0.3) is 0 Å². The summed E-state index contributed by atoms with van der Waals surface area (Å²) in [5, 5.41) is 4.91. The molecule has 0 saturated carbocycles. The lowest BCUT2D eigenvalue weighted by Gasteiger charge is -2.15. The Morgan fingerprint density at radius 1 is 0.274 bits per heavy atom. The summed E-state index contributed by atoms with van der Waals surface area (Å²) in [6, 6.07) is 77.8. The minimum atomic E-state index is 0.611. The molecule has 0 aliphatic rings. The van der Waals surface area contributed by atoms with Crippen molar-refractivity contribution in [2.75, 3.05) is 0 Å². The summed E-state index contributed by atoms with van der Waals surface area (Å²) in [6.07, 6.45) is 0. The molecule has 3 heterocycles. The number of thiophene rings is 1. The van der Waals surface area contributed by atoms with Crippen molar-refractivity contribution in [1.29, 1.82) is 0 Å². The minimum Gasteiger partial charge on any atom is -0.309 e. The highest BCUT2D eigenvalue weighted by Gasteiger charge is 2.19. The van der Waals surface area contributed by atoms with Crippen molar-refractivity contribution >= 4 is 53.3 Å². The number of hydrogen-bond donors (Lipinski definition) is 0. The van der Waals surface area contributed by atoms with Crippen molar-refractivity contribution in [2.24, 2.45) is 0 Å². The van der Waals surface area contributed by atoms with Crippen LogP contribution >= 0.6 is 11.3 Å². The Hall–Kier alpha value is -7.99. The van der Waals surface area contributed by atoms with Gasteiger partial charge in [-0.3, -0.25) is 0 Å². The Bertz CT molecular complexity index is 3560. The summed E-state index contributed by atoms with van der Waals surface area (Å²) in [7, 11) is 0. The largest absolute Gasteiger partial charge is 0.309 e. The van der Waals surface area contributed by atoms with Crippen LogP contribution in [0, 0.1) is 0 Å².